The van der Waals surface area contributed by atoms with Crippen LogP contribution in [0.2, 0.25) is 0 Å². The molecule has 0 spiro atoms. The second-order valence-electron chi connectivity index (χ2n) is 6.63. The van der Waals surface area contributed by atoms with Crippen LogP contribution < -0.4 is 14.8 Å². The Hall–Kier alpha value is -2.24. The van der Waals surface area contributed by atoms with E-state index in [4.69, 9.17) is 9.47 Å². The number of fused-ring (bicyclic) bond motifs is 3. The summed E-state index contributed by atoms with van der Waals surface area (Å²) < 4.78 is 10.6. The van der Waals surface area contributed by atoms with Crippen molar-refractivity contribution >= 4 is 11.9 Å². The summed E-state index contributed by atoms with van der Waals surface area (Å²) in [4.78, 5) is 24.0. The van der Waals surface area contributed by atoms with Crippen molar-refractivity contribution < 1.29 is 24.2 Å². The number of hydrogen-bond acceptors (Lipinski definition) is 4. The van der Waals surface area contributed by atoms with E-state index in [1.165, 1.54) is 0 Å². The molecule has 2 fully saturated rings. The van der Waals surface area contributed by atoms with E-state index < -0.39 is 11.9 Å². The number of hydrogen-bond donors (Lipinski definition) is 2. The van der Waals surface area contributed by atoms with Gasteiger partial charge in [0.25, 0.3) is 0 Å². The number of carboxylic acid groups (broad SMARTS) is 1. The monoisotopic (exact) mass is 317 g/mol. The van der Waals surface area contributed by atoms with Crippen molar-refractivity contribution in [3.63, 3.8) is 0 Å². The van der Waals surface area contributed by atoms with E-state index in [-0.39, 0.29) is 30.5 Å². The summed E-state index contributed by atoms with van der Waals surface area (Å²) in [5.74, 6) is -0.107. The Labute approximate surface area is 133 Å². The van der Waals surface area contributed by atoms with Gasteiger partial charge in [0, 0.05) is 6.54 Å². The SMILES string of the molecule is O=C(O)[C@@H]1[C@H]2CC[C@@H](C2)[C@@H]1C(=O)NCc1ccc2c(c1)OCO2. The lowest BCUT2D eigenvalue weighted by Gasteiger charge is -2.27. The van der Waals surface area contributed by atoms with Crippen LogP contribution >= 0.6 is 0 Å². The zero-order valence-electron chi connectivity index (χ0n) is 12.7. The molecule has 0 unspecified atom stereocenters. The highest BCUT2D eigenvalue weighted by molar-refractivity contribution is 5.86. The van der Waals surface area contributed by atoms with Gasteiger partial charge in [-0.1, -0.05) is 6.07 Å². The molecule has 1 amide bonds. The number of carbonyl (C=O) groups excluding carboxylic acids is 1. The average molecular weight is 317 g/mol. The van der Waals surface area contributed by atoms with Crippen molar-refractivity contribution in [1.29, 1.82) is 0 Å². The normalized spacial score (nSPS) is 30.4. The fourth-order valence-electron chi connectivity index (χ4n) is 4.38. The predicted molar refractivity (Wildman–Crippen MR) is 79.9 cm³/mol. The first-order valence-electron chi connectivity index (χ1n) is 8.02. The summed E-state index contributed by atoms with van der Waals surface area (Å²) in [7, 11) is 0. The lowest BCUT2D eigenvalue weighted by atomic mass is 9.78. The number of amides is 1. The van der Waals surface area contributed by atoms with Crippen molar-refractivity contribution in [3.8, 4) is 11.5 Å². The van der Waals surface area contributed by atoms with Gasteiger partial charge in [-0.15, -0.1) is 0 Å². The third kappa shape index (κ3) is 2.42. The highest BCUT2D eigenvalue weighted by atomic mass is 16.7. The summed E-state index contributed by atoms with van der Waals surface area (Å²) in [6.07, 6.45) is 2.78. The van der Waals surface area contributed by atoms with Gasteiger partial charge in [0.15, 0.2) is 11.5 Å². The van der Waals surface area contributed by atoms with Crippen LogP contribution in [0.5, 0.6) is 11.5 Å². The maximum absolute atomic E-state index is 12.5. The molecular formula is C17H19NO5. The van der Waals surface area contributed by atoms with Crippen LogP contribution in [0.15, 0.2) is 18.2 Å². The first-order valence-corrected chi connectivity index (χ1v) is 8.02. The number of rotatable bonds is 4. The average Bonchev–Trinajstić information content (AvgIpc) is 3.25. The third-order valence-electron chi connectivity index (χ3n) is 5.41. The van der Waals surface area contributed by atoms with Crippen molar-refractivity contribution in [2.45, 2.75) is 25.8 Å². The number of nitrogens with one attached hydrogen (secondary N) is 1. The lowest BCUT2D eigenvalue weighted by Crippen LogP contribution is -2.41. The molecule has 122 valence electrons. The highest BCUT2D eigenvalue weighted by Gasteiger charge is 2.53. The first-order chi connectivity index (χ1) is 11.1. The Bertz CT molecular complexity index is 658. The van der Waals surface area contributed by atoms with Crippen molar-refractivity contribution in [3.05, 3.63) is 23.8 Å². The lowest BCUT2D eigenvalue weighted by molar-refractivity contribution is -0.149. The highest BCUT2D eigenvalue weighted by Crippen LogP contribution is 2.52. The summed E-state index contributed by atoms with van der Waals surface area (Å²) in [6, 6.07) is 5.54. The molecule has 0 radical (unpaired) electrons. The topological polar surface area (TPSA) is 84.9 Å². The van der Waals surface area contributed by atoms with Crippen LogP contribution in [0.4, 0.5) is 0 Å². The van der Waals surface area contributed by atoms with Crippen molar-refractivity contribution in [2.24, 2.45) is 23.7 Å². The fraction of sp³-hybridized carbons (Fsp3) is 0.529. The predicted octanol–water partition coefficient (Wildman–Crippen LogP) is 1.78. The Morgan fingerprint density at radius 1 is 1.13 bits per heavy atom. The standard InChI is InChI=1S/C17H19NO5/c19-16(14-10-2-3-11(6-10)15(14)17(20)21)18-7-9-1-4-12-13(5-9)23-8-22-12/h1,4-5,10-11,14-15H,2-3,6-8H2,(H,18,19)(H,20,21)/t10-,11-,14-,15+/m0/s1. The number of carboxylic acids is 1. The van der Waals surface area contributed by atoms with Crippen molar-refractivity contribution in [1.82, 2.24) is 5.32 Å². The molecule has 6 nitrogen and oxygen atoms in total. The Morgan fingerprint density at radius 2 is 1.87 bits per heavy atom. The second-order valence-corrected chi connectivity index (χ2v) is 6.63. The van der Waals surface area contributed by atoms with E-state index >= 15 is 0 Å². The maximum atomic E-state index is 12.5. The molecule has 0 aromatic heterocycles. The summed E-state index contributed by atoms with van der Waals surface area (Å²) in [5.41, 5.74) is 0.914. The van der Waals surface area contributed by atoms with E-state index in [1.54, 1.807) is 0 Å². The van der Waals surface area contributed by atoms with Gasteiger partial charge >= 0.3 is 5.97 Å². The van der Waals surface area contributed by atoms with E-state index in [2.05, 4.69) is 5.32 Å². The first kappa shape index (κ1) is 14.4. The van der Waals surface area contributed by atoms with Gasteiger partial charge in [0.1, 0.15) is 0 Å². The molecule has 6 heteroatoms. The van der Waals surface area contributed by atoms with E-state index in [9.17, 15) is 14.7 Å². The molecule has 2 bridgehead atoms. The molecular weight excluding hydrogens is 298 g/mol. The zero-order valence-corrected chi connectivity index (χ0v) is 12.7. The van der Waals surface area contributed by atoms with E-state index in [0.717, 1.165) is 24.8 Å². The maximum Gasteiger partial charge on any atom is 0.307 e. The summed E-state index contributed by atoms with van der Waals surface area (Å²) in [6.45, 7) is 0.590. The van der Waals surface area contributed by atoms with Gasteiger partial charge in [-0.05, 0) is 48.8 Å². The molecule has 1 aliphatic heterocycles. The minimum Gasteiger partial charge on any atom is -0.481 e. The van der Waals surface area contributed by atoms with Crippen LogP contribution in [0, 0.1) is 23.7 Å². The van der Waals surface area contributed by atoms with Gasteiger partial charge in [0.05, 0.1) is 11.8 Å². The van der Waals surface area contributed by atoms with E-state index in [0.29, 0.717) is 18.0 Å². The molecule has 3 aliphatic rings. The largest absolute Gasteiger partial charge is 0.481 e. The second kappa shape index (κ2) is 5.44. The molecule has 4 atom stereocenters. The fourth-order valence-corrected chi connectivity index (χ4v) is 4.38. The molecule has 2 aliphatic carbocycles. The van der Waals surface area contributed by atoms with Gasteiger partial charge in [-0.2, -0.15) is 0 Å². The van der Waals surface area contributed by atoms with Crippen molar-refractivity contribution in [2.75, 3.05) is 6.79 Å². The minimum atomic E-state index is -0.833. The van der Waals surface area contributed by atoms with E-state index in [1.807, 2.05) is 18.2 Å². The number of ether oxygens (including phenoxy) is 2. The summed E-state index contributed by atoms with van der Waals surface area (Å²) in [5, 5.41) is 12.3. The Kier molecular flexibility index (Phi) is 3.39. The van der Waals surface area contributed by atoms with Gasteiger partial charge in [-0.25, -0.2) is 0 Å². The molecule has 2 N–H and O–H groups in total. The smallest absolute Gasteiger partial charge is 0.307 e. The van der Waals surface area contributed by atoms with Crippen LogP contribution in [0.25, 0.3) is 0 Å². The molecule has 4 rings (SSSR count). The van der Waals surface area contributed by atoms with Crippen LogP contribution in [-0.4, -0.2) is 23.8 Å². The molecule has 1 heterocycles. The minimum absolute atomic E-state index is 0.137. The Balaban J connectivity index is 1.43. The Morgan fingerprint density at radius 3 is 2.65 bits per heavy atom. The zero-order chi connectivity index (χ0) is 16.0. The molecule has 1 aromatic carbocycles. The van der Waals surface area contributed by atoms with Gasteiger partial charge in [0.2, 0.25) is 12.7 Å². The van der Waals surface area contributed by atoms with Gasteiger partial charge < -0.3 is 19.9 Å². The third-order valence-corrected chi connectivity index (χ3v) is 5.41. The molecule has 23 heavy (non-hydrogen) atoms. The summed E-state index contributed by atoms with van der Waals surface area (Å²) >= 11 is 0. The van der Waals surface area contributed by atoms with Gasteiger partial charge in [-0.3, -0.25) is 9.59 Å². The molecule has 1 aromatic rings. The quantitative estimate of drug-likeness (QED) is 0.884. The van der Waals surface area contributed by atoms with Crippen LogP contribution in [0.3, 0.4) is 0 Å². The van der Waals surface area contributed by atoms with Crippen LogP contribution in [-0.2, 0) is 16.1 Å². The van der Waals surface area contributed by atoms with Crippen LogP contribution in [0.1, 0.15) is 24.8 Å². The number of carbonyl (C=O) groups is 2. The molecule has 0 saturated heterocycles. The molecule has 2 saturated carbocycles. The number of aliphatic carboxylic acids is 1. The number of benzene rings is 1.